The Hall–Kier alpha value is -3.01. The van der Waals surface area contributed by atoms with Crippen molar-refractivity contribution in [2.45, 2.75) is 0 Å². The zero-order valence-electron chi connectivity index (χ0n) is 11.2. The Bertz CT molecular complexity index is 808. The Balaban J connectivity index is 2.40. The molecular weight excluding hydrogens is 374 g/mol. The lowest BCUT2D eigenvalue weighted by Crippen LogP contribution is -1.96. The summed E-state index contributed by atoms with van der Waals surface area (Å²) in [6, 6.07) is 7.75. The molecule has 0 aliphatic heterocycles. The summed E-state index contributed by atoms with van der Waals surface area (Å²) in [5.41, 5.74) is -0.352. The van der Waals surface area contributed by atoms with Gasteiger partial charge in [-0.2, -0.15) is 0 Å². The van der Waals surface area contributed by atoms with Gasteiger partial charge < -0.3 is 9.94 Å². The van der Waals surface area contributed by atoms with Gasteiger partial charge in [0.15, 0.2) is 0 Å². The van der Waals surface area contributed by atoms with Gasteiger partial charge in [0.05, 0.1) is 26.6 Å². The molecular formula is C13H8BrN3O6. The highest BCUT2D eigenvalue weighted by atomic mass is 79.9. The van der Waals surface area contributed by atoms with Crippen LogP contribution in [0.3, 0.4) is 0 Å². The predicted molar refractivity (Wildman–Crippen MR) is 83.3 cm³/mol. The van der Waals surface area contributed by atoms with Gasteiger partial charge in [-0.25, -0.2) is 0 Å². The molecule has 0 bridgehead atoms. The van der Waals surface area contributed by atoms with Crippen LogP contribution in [0.25, 0.3) is 0 Å². The lowest BCUT2D eigenvalue weighted by Gasteiger charge is -2.08. The fourth-order valence-electron chi connectivity index (χ4n) is 1.71. The number of oxime groups is 1. The highest BCUT2D eigenvalue weighted by molar-refractivity contribution is 9.10. The van der Waals surface area contributed by atoms with E-state index < -0.39 is 21.2 Å². The van der Waals surface area contributed by atoms with Crippen molar-refractivity contribution in [2.75, 3.05) is 0 Å². The Labute approximate surface area is 137 Å². The molecule has 1 N–H and O–H groups in total. The van der Waals surface area contributed by atoms with Gasteiger partial charge in [-0.05, 0) is 45.8 Å². The minimum Gasteiger partial charge on any atom is -0.449 e. The van der Waals surface area contributed by atoms with E-state index in [4.69, 9.17) is 9.94 Å². The molecule has 0 atom stereocenters. The molecule has 0 fully saturated rings. The number of non-ortho nitro benzene ring substituents is 1. The van der Waals surface area contributed by atoms with Crippen molar-refractivity contribution in [3.63, 3.8) is 0 Å². The third kappa shape index (κ3) is 3.80. The van der Waals surface area contributed by atoms with Crippen molar-refractivity contribution >= 4 is 33.5 Å². The van der Waals surface area contributed by atoms with Crippen LogP contribution in [-0.4, -0.2) is 21.3 Å². The zero-order valence-corrected chi connectivity index (χ0v) is 12.8. The van der Waals surface area contributed by atoms with Gasteiger partial charge in [0, 0.05) is 6.07 Å². The topological polar surface area (TPSA) is 128 Å². The lowest BCUT2D eigenvalue weighted by atomic mass is 10.2. The molecule has 23 heavy (non-hydrogen) atoms. The van der Waals surface area contributed by atoms with E-state index in [1.807, 2.05) is 0 Å². The number of nitro benzene ring substituents is 2. The fraction of sp³-hybridized carbons (Fsp3) is 0. The van der Waals surface area contributed by atoms with Gasteiger partial charge in [-0.15, -0.1) is 0 Å². The van der Waals surface area contributed by atoms with Gasteiger partial charge in [-0.1, -0.05) is 5.16 Å². The van der Waals surface area contributed by atoms with Gasteiger partial charge in [-0.3, -0.25) is 20.2 Å². The number of nitrogens with zero attached hydrogens (tertiary/aromatic N) is 3. The fourth-order valence-corrected chi connectivity index (χ4v) is 2.19. The first-order valence-electron chi connectivity index (χ1n) is 6.00. The maximum atomic E-state index is 11.1. The third-order valence-corrected chi connectivity index (χ3v) is 3.35. The predicted octanol–water partition coefficient (Wildman–Crippen LogP) is 3.87. The first-order chi connectivity index (χ1) is 10.9. The van der Waals surface area contributed by atoms with E-state index in [0.29, 0.717) is 10.0 Å². The first-order valence-corrected chi connectivity index (χ1v) is 6.79. The molecule has 10 heteroatoms. The molecule has 118 valence electrons. The summed E-state index contributed by atoms with van der Waals surface area (Å²) in [7, 11) is 0. The van der Waals surface area contributed by atoms with Crippen LogP contribution >= 0.6 is 15.9 Å². The number of halogens is 1. The highest BCUT2D eigenvalue weighted by Gasteiger charge is 2.21. The second kappa shape index (κ2) is 6.83. The zero-order chi connectivity index (χ0) is 17.0. The molecule has 9 nitrogen and oxygen atoms in total. The lowest BCUT2D eigenvalue weighted by molar-refractivity contribution is -0.394. The molecule has 0 aliphatic rings. The number of hydrogen-bond donors (Lipinski definition) is 1. The van der Waals surface area contributed by atoms with E-state index in [1.54, 1.807) is 12.1 Å². The van der Waals surface area contributed by atoms with Crippen LogP contribution in [0.5, 0.6) is 11.5 Å². The second-order valence-electron chi connectivity index (χ2n) is 4.20. The second-order valence-corrected chi connectivity index (χ2v) is 5.06. The van der Waals surface area contributed by atoms with Crippen molar-refractivity contribution in [3.05, 3.63) is 66.7 Å². The Morgan fingerprint density at radius 3 is 2.35 bits per heavy atom. The van der Waals surface area contributed by atoms with Crippen molar-refractivity contribution in [2.24, 2.45) is 5.16 Å². The Morgan fingerprint density at radius 2 is 1.78 bits per heavy atom. The summed E-state index contributed by atoms with van der Waals surface area (Å²) in [6.45, 7) is 0. The molecule has 0 heterocycles. The number of nitro groups is 2. The average Bonchev–Trinajstić information content (AvgIpc) is 2.50. The molecule has 0 saturated carbocycles. The molecule has 0 unspecified atom stereocenters. The number of rotatable bonds is 5. The monoisotopic (exact) mass is 381 g/mol. The summed E-state index contributed by atoms with van der Waals surface area (Å²) in [4.78, 5) is 20.3. The molecule has 0 amide bonds. The van der Waals surface area contributed by atoms with Crippen molar-refractivity contribution in [1.29, 1.82) is 0 Å². The standard InChI is InChI=1S/C13H8BrN3O6/c14-10-5-8(7-15-18)1-3-12(10)23-13-4-2-9(16(19)20)6-11(13)17(21)22/h1-7,18H/b15-7-. The summed E-state index contributed by atoms with van der Waals surface area (Å²) in [5, 5.41) is 33.1. The molecule has 0 aliphatic carbocycles. The maximum absolute atomic E-state index is 11.1. The SMILES string of the molecule is O=[N+]([O-])c1ccc(Oc2ccc(/C=N\O)cc2Br)c([N+](=O)[O-])c1. The smallest absolute Gasteiger partial charge is 0.318 e. The van der Waals surface area contributed by atoms with Crippen molar-refractivity contribution in [3.8, 4) is 11.5 Å². The van der Waals surface area contributed by atoms with E-state index >= 15 is 0 Å². The maximum Gasteiger partial charge on any atom is 0.318 e. The molecule has 0 saturated heterocycles. The van der Waals surface area contributed by atoms with E-state index in [0.717, 1.165) is 18.2 Å². The largest absolute Gasteiger partial charge is 0.449 e. The van der Waals surface area contributed by atoms with Crippen molar-refractivity contribution in [1.82, 2.24) is 0 Å². The molecule has 2 rings (SSSR count). The molecule has 0 aromatic heterocycles. The summed E-state index contributed by atoms with van der Waals surface area (Å²) in [5.74, 6) is 0.127. The summed E-state index contributed by atoms with van der Waals surface area (Å²) >= 11 is 3.23. The van der Waals surface area contributed by atoms with Crippen LogP contribution in [-0.2, 0) is 0 Å². The molecule has 2 aromatic carbocycles. The molecule has 0 radical (unpaired) electrons. The van der Waals surface area contributed by atoms with E-state index in [9.17, 15) is 20.2 Å². The van der Waals surface area contributed by atoms with Crippen molar-refractivity contribution < 1.29 is 19.8 Å². The van der Waals surface area contributed by atoms with Crippen LogP contribution in [0, 0.1) is 20.2 Å². The third-order valence-electron chi connectivity index (χ3n) is 2.73. The minimum atomic E-state index is -0.761. The van der Waals surface area contributed by atoms with Crippen LogP contribution in [0.4, 0.5) is 11.4 Å². The molecule has 2 aromatic rings. The normalized spacial score (nSPS) is 10.7. The minimum absolute atomic E-state index is 0.134. The van der Waals surface area contributed by atoms with Crippen LogP contribution in [0.2, 0.25) is 0 Å². The van der Waals surface area contributed by atoms with Crippen LogP contribution in [0.15, 0.2) is 46.0 Å². The number of ether oxygens (including phenoxy) is 1. The van der Waals surface area contributed by atoms with E-state index in [-0.39, 0.29) is 11.5 Å². The van der Waals surface area contributed by atoms with Gasteiger partial charge in [0.1, 0.15) is 5.75 Å². The first kappa shape index (κ1) is 16.4. The van der Waals surface area contributed by atoms with Gasteiger partial charge in [0.25, 0.3) is 5.69 Å². The highest BCUT2D eigenvalue weighted by Crippen LogP contribution is 2.37. The van der Waals surface area contributed by atoms with Gasteiger partial charge >= 0.3 is 5.69 Å². The van der Waals surface area contributed by atoms with Crippen LogP contribution in [0.1, 0.15) is 5.56 Å². The average molecular weight is 382 g/mol. The quantitative estimate of drug-likeness (QED) is 0.362. The van der Waals surface area contributed by atoms with E-state index in [2.05, 4.69) is 21.1 Å². The number of hydrogen-bond acceptors (Lipinski definition) is 7. The van der Waals surface area contributed by atoms with Gasteiger partial charge in [0.2, 0.25) is 5.75 Å². The Morgan fingerprint density at radius 1 is 1.09 bits per heavy atom. The Kier molecular flexibility index (Phi) is 4.86. The number of benzene rings is 2. The van der Waals surface area contributed by atoms with Crippen LogP contribution < -0.4 is 4.74 Å². The summed E-state index contributed by atoms with van der Waals surface area (Å²) in [6.07, 6.45) is 1.20. The molecule has 0 spiro atoms. The summed E-state index contributed by atoms with van der Waals surface area (Å²) < 4.78 is 5.91. The van der Waals surface area contributed by atoms with E-state index in [1.165, 1.54) is 12.3 Å².